The molecule has 0 aliphatic carbocycles. The Morgan fingerprint density at radius 2 is 1.79 bits per heavy atom. The molecule has 0 aliphatic rings. The summed E-state index contributed by atoms with van der Waals surface area (Å²) in [5, 5.41) is 4.41. The predicted octanol–water partition coefficient (Wildman–Crippen LogP) is 4.63. The molecule has 1 unspecified atom stereocenters. The van der Waals surface area contributed by atoms with Crippen LogP contribution in [-0.2, 0) is 6.42 Å². The average molecular weight is 369 g/mol. The largest absolute Gasteiger partial charge is 0.360 e. The number of Topliss-reactive ketones (excluding diaryl/α,β-unsaturated/α-hetero) is 1. The molecule has 0 saturated carbocycles. The third-order valence-electron chi connectivity index (χ3n) is 5.04. The number of aryl methyl sites for hydroxylation is 1. The number of nitrogens with one attached hydrogen (secondary N) is 2. The summed E-state index contributed by atoms with van der Waals surface area (Å²) in [6.07, 6.45) is 6.13. The van der Waals surface area contributed by atoms with Gasteiger partial charge < -0.3 is 10.3 Å². The first-order valence-corrected chi connectivity index (χ1v) is 9.51. The number of carbonyl (C=O) groups excluding carboxylic acids is 1. The van der Waals surface area contributed by atoms with Gasteiger partial charge in [0.15, 0.2) is 5.78 Å². The van der Waals surface area contributed by atoms with E-state index < -0.39 is 6.04 Å². The number of H-pyrrole nitrogens is 1. The van der Waals surface area contributed by atoms with Crippen LogP contribution in [0.5, 0.6) is 0 Å². The Morgan fingerprint density at radius 3 is 2.57 bits per heavy atom. The van der Waals surface area contributed by atoms with Crippen LogP contribution in [0.25, 0.3) is 10.9 Å². The molecule has 2 N–H and O–H groups in total. The summed E-state index contributed by atoms with van der Waals surface area (Å²) < 4.78 is 0. The monoisotopic (exact) mass is 369 g/mol. The third-order valence-corrected chi connectivity index (χ3v) is 5.04. The highest BCUT2D eigenvalue weighted by atomic mass is 16.1. The van der Waals surface area contributed by atoms with Gasteiger partial charge >= 0.3 is 0 Å². The molecule has 0 bridgehead atoms. The number of para-hydroxylation sites is 1. The molecule has 2 aromatic heterocycles. The Morgan fingerprint density at radius 1 is 1.04 bits per heavy atom. The van der Waals surface area contributed by atoms with Gasteiger partial charge in [0.25, 0.3) is 0 Å². The van der Waals surface area contributed by atoms with Crippen LogP contribution in [0.1, 0.15) is 33.1 Å². The second-order valence-electron chi connectivity index (χ2n) is 7.02. The maximum absolute atomic E-state index is 13.4. The van der Waals surface area contributed by atoms with E-state index >= 15 is 0 Å². The lowest BCUT2D eigenvalue weighted by atomic mass is 9.97. The molecule has 4 heteroatoms. The van der Waals surface area contributed by atoms with Gasteiger partial charge in [-0.25, -0.2) is 0 Å². The molecule has 4 rings (SSSR count). The van der Waals surface area contributed by atoms with E-state index in [1.165, 1.54) is 11.1 Å². The lowest BCUT2D eigenvalue weighted by Gasteiger charge is -2.18. The van der Waals surface area contributed by atoms with Crippen molar-refractivity contribution in [2.24, 2.45) is 0 Å². The number of aromatic nitrogens is 2. The van der Waals surface area contributed by atoms with Crippen LogP contribution in [0.2, 0.25) is 0 Å². The summed E-state index contributed by atoms with van der Waals surface area (Å²) in [7, 11) is 0. The molecule has 28 heavy (non-hydrogen) atoms. The zero-order valence-corrected chi connectivity index (χ0v) is 15.9. The number of aromatic amines is 1. The molecule has 0 saturated heterocycles. The minimum Gasteiger partial charge on any atom is -0.360 e. The topological polar surface area (TPSA) is 57.8 Å². The Balaban J connectivity index is 1.57. The van der Waals surface area contributed by atoms with Gasteiger partial charge in [0.1, 0.15) is 0 Å². The normalized spacial score (nSPS) is 12.2. The zero-order chi connectivity index (χ0) is 19.3. The summed E-state index contributed by atoms with van der Waals surface area (Å²) in [6.45, 7) is 2.80. The first-order valence-electron chi connectivity index (χ1n) is 9.51. The minimum absolute atomic E-state index is 0.0626. The van der Waals surface area contributed by atoms with E-state index in [4.69, 9.17) is 0 Å². The molecule has 0 fully saturated rings. The van der Waals surface area contributed by atoms with Crippen LogP contribution in [-0.4, -0.2) is 22.3 Å². The van der Waals surface area contributed by atoms with Crippen LogP contribution < -0.4 is 5.32 Å². The molecule has 4 nitrogen and oxygen atoms in total. The first kappa shape index (κ1) is 18.1. The van der Waals surface area contributed by atoms with Gasteiger partial charge in [-0.3, -0.25) is 9.78 Å². The number of hydrogen-bond acceptors (Lipinski definition) is 3. The number of ketones is 1. The summed E-state index contributed by atoms with van der Waals surface area (Å²) in [5.41, 5.74) is 5.11. The minimum atomic E-state index is -0.410. The Kier molecular flexibility index (Phi) is 5.31. The molecule has 1 atom stereocenters. The number of fused-ring (bicyclic) bond motifs is 1. The van der Waals surface area contributed by atoms with Crippen molar-refractivity contribution >= 4 is 16.7 Å². The molecule has 2 heterocycles. The van der Waals surface area contributed by atoms with Crippen molar-refractivity contribution in [3.8, 4) is 0 Å². The number of rotatable bonds is 7. The maximum atomic E-state index is 13.4. The van der Waals surface area contributed by atoms with Gasteiger partial charge in [0.05, 0.1) is 6.04 Å². The molecule has 0 spiro atoms. The Hall–Kier alpha value is -3.24. The lowest BCUT2D eigenvalue weighted by Crippen LogP contribution is -2.30. The van der Waals surface area contributed by atoms with Crippen LogP contribution in [0, 0.1) is 6.92 Å². The first-order chi connectivity index (χ1) is 13.7. The van der Waals surface area contributed by atoms with Crippen LogP contribution >= 0.6 is 0 Å². The number of nitrogens with zero attached hydrogens (tertiary/aromatic N) is 1. The smallest absolute Gasteiger partial charge is 0.186 e. The van der Waals surface area contributed by atoms with Crippen molar-refractivity contribution in [2.75, 3.05) is 6.54 Å². The predicted molar refractivity (Wildman–Crippen MR) is 112 cm³/mol. The molecule has 2 aromatic carbocycles. The maximum Gasteiger partial charge on any atom is 0.186 e. The fraction of sp³-hybridized carbons (Fsp3) is 0.167. The highest BCUT2D eigenvalue weighted by Gasteiger charge is 2.23. The highest BCUT2D eigenvalue weighted by molar-refractivity contribution is 6.10. The van der Waals surface area contributed by atoms with Gasteiger partial charge in [-0.15, -0.1) is 0 Å². The van der Waals surface area contributed by atoms with Crippen molar-refractivity contribution < 1.29 is 4.79 Å². The fourth-order valence-electron chi connectivity index (χ4n) is 3.46. The Labute approximate surface area is 164 Å². The van der Waals surface area contributed by atoms with Crippen molar-refractivity contribution in [1.29, 1.82) is 0 Å². The van der Waals surface area contributed by atoms with Crippen molar-refractivity contribution in [3.63, 3.8) is 0 Å². The van der Waals surface area contributed by atoms with Crippen LogP contribution in [0.3, 0.4) is 0 Å². The van der Waals surface area contributed by atoms with Crippen molar-refractivity contribution in [2.45, 2.75) is 19.4 Å². The van der Waals surface area contributed by atoms with E-state index in [-0.39, 0.29) is 5.78 Å². The molecule has 4 aromatic rings. The molecule has 0 aliphatic heterocycles. The standard InChI is InChI=1S/C24H23N3O/c1-17-6-8-18(9-7-17)10-15-26-23(19-11-13-25-14-12-19)24(28)21-16-27-22-5-3-2-4-20(21)22/h2-9,11-14,16,23,26-27H,10,15H2,1H3. The second-order valence-corrected chi connectivity index (χ2v) is 7.02. The second kappa shape index (κ2) is 8.19. The molecular weight excluding hydrogens is 346 g/mol. The van der Waals surface area contributed by atoms with E-state index in [2.05, 4.69) is 46.5 Å². The quantitative estimate of drug-likeness (QED) is 0.467. The van der Waals surface area contributed by atoms with Crippen LogP contribution in [0.15, 0.2) is 79.3 Å². The van der Waals surface area contributed by atoms with Crippen molar-refractivity contribution in [3.05, 3.63) is 102 Å². The van der Waals surface area contributed by atoms with E-state index in [1.54, 1.807) is 12.4 Å². The molecule has 0 radical (unpaired) electrons. The van der Waals surface area contributed by atoms with Gasteiger partial charge in [0.2, 0.25) is 0 Å². The van der Waals surface area contributed by atoms with Gasteiger partial charge in [-0.2, -0.15) is 0 Å². The third kappa shape index (κ3) is 3.87. The van der Waals surface area contributed by atoms with E-state index in [0.29, 0.717) is 12.1 Å². The lowest BCUT2D eigenvalue weighted by molar-refractivity contribution is 0.0945. The number of benzene rings is 2. The van der Waals surface area contributed by atoms with Gasteiger partial charge in [0, 0.05) is 41.6 Å². The molecular formula is C24H23N3O. The summed E-state index contributed by atoms with van der Waals surface area (Å²) >= 11 is 0. The summed E-state index contributed by atoms with van der Waals surface area (Å²) in [6, 6.07) is 19.8. The number of hydrogen-bond donors (Lipinski definition) is 2. The van der Waals surface area contributed by atoms with E-state index in [1.807, 2.05) is 42.6 Å². The van der Waals surface area contributed by atoms with Crippen LogP contribution in [0.4, 0.5) is 0 Å². The SMILES string of the molecule is Cc1ccc(CCNC(C(=O)c2c[nH]c3ccccc23)c2ccncc2)cc1. The van der Waals surface area contributed by atoms with E-state index in [9.17, 15) is 4.79 Å². The highest BCUT2D eigenvalue weighted by Crippen LogP contribution is 2.24. The molecule has 140 valence electrons. The fourth-order valence-corrected chi connectivity index (χ4v) is 3.46. The Bertz CT molecular complexity index is 1070. The average Bonchev–Trinajstić information content (AvgIpc) is 3.17. The number of carbonyl (C=O) groups is 1. The number of pyridine rings is 1. The van der Waals surface area contributed by atoms with E-state index in [0.717, 1.165) is 22.9 Å². The summed E-state index contributed by atoms with van der Waals surface area (Å²) in [5.74, 6) is 0.0626. The van der Waals surface area contributed by atoms with Gasteiger partial charge in [-0.1, -0.05) is 48.0 Å². The molecule has 0 amide bonds. The van der Waals surface area contributed by atoms with Gasteiger partial charge in [-0.05, 0) is 42.7 Å². The summed E-state index contributed by atoms with van der Waals surface area (Å²) in [4.78, 5) is 20.7. The van der Waals surface area contributed by atoms with Crippen molar-refractivity contribution in [1.82, 2.24) is 15.3 Å². The zero-order valence-electron chi connectivity index (χ0n) is 15.9.